The molecule has 0 atom stereocenters. The van der Waals surface area contributed by atoms with Gasteiger partial charge in [0.05, 0.1) is 15.6 Å². The fraction of sp³-hybridized carbons (Fsp3) is 0.0455. The lowest BCUT2D eigenvalue weighted by Gasteiger charge is -2.20. The molecule has 1 aliphatic rings. The summed E-state index contributed by atoms with van der Waals surface area (Å²) in [4.78, 5) is 24.8. The highest BCUT2D eigenvalue weighted by molar-refractivity contribution is 8.37. The van der Waals surface area contributed by atoms with E-state index in [0.717, 1.165) is 75.3 Å². The van der Waals surface area contributed by atoms with Crippen LogP contribution >= 0.6 is 82.3 Å². The predicted octanol–water partition coefficient (Wildman–Crippen LogP) is 12.5. The number of aromatic nitrogens is 7. The summed E-state index contributed by atoms with van der Waals surface area (Å²) in [6, 6.07) is 34.0. The first-order valence-electron chi connectivity index (χ1n) is 18.1. The van der Waals surface area contributed by atoms with Gasteiger partial charge in [-0.2, -0.15) is 5.10 Å². The molecule has 0 unspecified atom stereocenters. The van der Waals surface area contributed by atoms with Crippen LogP contribution in [0.5, 0.6) is 0 Å². The van der Waals surface area contributed by atoms with E-state index in [9.17, 15) is 4.79 Å². The zero-order valence-electron chi connectivity index (χ0n) is 32.2. The SMILES string of the molecule is CSc1n[nH]c(-c2ccc(Cl)cc2)c1-c1ccncc1.NN.O=C(C(=C1SCS1)c1ccncc1)c1ccc(Cl)cc1.S=c1[nH][nH]c(-c2ccc(Cl)cc2)c1-c1ccncc1. The summed E-state index contributed by atoms with van der Waals surface area (Å²) in [6.07, 6.45) is 12.5. The zero-order valence-corrected chi connectivity index (χ0v) is 37.7. The van der Waals surface area contributed by atoms with Crippen LogP contribution in [0.15, 0.2) is 156 Å². The molecule has 0 radical (unpaired) electrons. The van der Waals surface area contributed by atoms with E-state index in [1.807, 2.05) is 91.2 Å². The fourth-order valence-electron chi connectivity index (χ4n) is 5.94. The molecule has 10 nitrogen and oxygen atoms in total. The Kier molecular flexibility index (Phi) is 17.0. The number of benzene rings is 3. The number of nitrogens with two attached hydrogens (primary N) is 2. The Hall–Kier alpha value is -5.00. The number of Topliss-reactive ketones (excluding diaryl/α,β-unsaturated/α-hetero) is 1. The van der Waals surface area contributed by atoms with Gasteiger partial charge in [0.15, 0.2) is 5.78 Å². The molecule has 0 bridgehead atoms. The van der Waals surface area contributed by atoms with E-state index < -0.39 is 0 Å². The van der Waals surface area contributed by atoms with Crippen LogP contribution in [-0.2, 0) is 0 Å². The number of hydrogen-bond donors (Lipinski definition) is 5. The third kappa shape index (κ3) is 11.7. The van der Waals surface area contributed by atoms with E-state index in [-0.39, 0.29) is 5.78 Å². The van der Waals surface area contributed by atoms with E-state index >= 15 is 0 Å². The number of thioether (sulfide) groups is 3. The number of nitrogens with zero attached hydrogens (tertiary/aromatic N) is 4. The molecule has 61 heavy (non-hydrogen) atoms. The highest BCUT2D eigenvalue weighted by Crippen LogP contribution is 2.48. The molecule has 8 aromatic rings. The van der Waals surface area contributed by atoms with Gasteiger partial charge in [-0.05, 0) is 108 Å². The van der Waals surface area contributed by atoms with Crippen LogP contribution in [0.4, 0.5) is 0 Å². The second kappa shape index (κ2) is 22.7. The van der Waals surface area contributed by atoms with Crippen molar-refractivity contribution in [3.05, 3.63) is 181 Å². The second-order valence-electron chi connectivity index (χ2n) is 12.4. The average Bonchev–Trinajstić information content (AvgIpc) is 3.91. The number of rotatable bonds is 8. The lowest BCUT2D eigenvalue weighted by atomic mass is 9.99. The van der Waals surface area contributed by atoms with Crippen LogP contribution in [0.3, 0.4) is 0 Å². The molecule has 1 aliphatic heterocycles. The summed E-state index contributed by atoms with van der Waals surface area (Å²) < 4.78 is 1.76. The van der Waals surface area contributed by atoms with Crippen LogP contribution in [0.25, 0.3) is 50.3 Å². The van der Waals surface area contributed by atoms with E-state index in [2.05, 4.69) is 47.0 Å². The van der Waals surface area contributed by atoms with Gasteiger partial charge < -0.3 is 0 Å². The Morgan fingerprint density at radius 1 is 0.607 bits per heavy atom. The summed E-state index contributed by atoms with van der Waals surface area (Å²) in [6.45, 7) is 0. The Bertz CT molecular complexity index is 2730. The quantitative estimate of drug-likeness (QED) is 0.0246. The summed E-state index contributed by atoms with van der Waals surface area (Å²) in [7, 11) is 0. The number of carbonyl (C=O) groups excluding carboxylic acids is 1. The molecule has 1 saturated heterocycles. The van der Waals surface area contributed by atoms with Crippen LogP contribution in [-0.4, -0.2) is 52.5 Å². The molecule has 5 aromatic heterocycles. The maximum Gasteiger partial charge on any atom is 0.195 e. The molecule has 6 heterocycles. The van der Waals surface area contributed by atoms with Gasteiger partial charge in [0, 0.05) is 90.7 Å². The van der Waals surface area contributed by atoms with Crippen LogP contribution in [0, 0.1) is 4.64 Å². The van der Waals surface area contributed by atoms with E-state index in [4.69, 9.17) is 47.0 Å². The molecule has 7 N–H and O–H groups in total. The highest BCUT2D eigenvalue weighted by Gasteiger charge is 2.24. The third-order valence-electron chi connectivity index (χ3n) is 8.79. The van der Waals surface area contributed by atoms with Crippen molar-refractivity contribution in [3.8, 4) is 44.8 Å². The van der Waals surface area contributed by atoms with E-state index in [0.29, 0.717) is 20.2 Å². The molecule has 0 saturated carbocycles. The molecular formula is C44H36Cl3N9OS4. The van der Waals surface area contributed by atoms with Crippen molar-refractivity contribution < 1.29 is 4.79 Å². The first-order valence-corrected chi connectivity index (χ1v) is 22.8. The Morgan fingerprint density at radius 3 is 1.54 bits per heavy atom. The minimum atomic E-state index is 0.0302. The first kappa shape index (κ1) is 45.5. The van der Waals surface area contributed by atoms with Crippen molar-refractivity contribution in [2.24, 2.45) is 11.7 Å². The van der Waals surface area contributed by atoms with Gasteiger partial charge in [-0.1, -0.05) is 71.3 Å². The van der Waals surface area contributed by atoms with E-state index in [1.54, 1.807) is 96.7 Å². The Morgan fingerprint density at radius 2 is 1.07 bits per heavy atom. The number of halogens is 3. The van der Waals surface area contributed by atoms with Gasteiger partial charge in [-0.15, -0.1) is 35.3 Å². The average molecular weight is 941 g/mol. The van der Waals surface area contributed by atoms with Crippen molar-refractivity contribution >= 4 is 93.7 Å². The lowest BCUT2D eigenvalue weighted by Crippen LogP contribution is -2.07. The minimum Gasteiger partial charge on any atom is -0.299 e. The molecule has 1 fully saturated rings. The molecule has 17 heteroatoms. The van der Waals surface area contributed by atoms with Crippen molar-refractivity contribution in [3.63, 3.8) is 0 Å². The van der Waals surface area contributed by atoms with E-state index in [1.165, 1.54) is 0 Å². The normalized spacial score (nSPS) is 11.4. The van der Waals surface area contributed by atoms with Gasteiger partial charge in [0.2, 0.25) is 0 Å². The summed E-state index contributed by atoms with van der Waals surface area (Å²) >= 11 is 28.1. The minimum absolute atomic E-state index is 0.0302. The monoisotopic (exact) mass is 939 g/mol. The topological polar surface area (TPSA) is 168 Å². The van der Waals surface area contributed by atoms with Gasteiger partial charge in [-0.25, -0.2) is 0 Å². The second-order valence-corrected chi connectivity index (χ2v) is 17.5. The standard InChI is InChI=1S/C15H12ClN3S.C15H10ClNOS2.C14H10ClN3S.H4N2/c1-20-15-13(10-6-8-17-9-7-10)14(18-19-15)11-2-4-12(16)5-3-11;16-12-3-1-11(2-4-12)14(18)13(15-19-9-20-15)10-5-7-17-8-6-10;15-11-3-1-10(2-4-11)13-12(14(19)18-17-13)9-5-7-16-8-6-9;1-2/h2-9H,1H3,(H,18,19);1-8H,9H2;1-8H,(H2,17,18,19);1-2H2. The molecule has 308 valence electrons. The first-order chi connectivity index (χ1) is 29.8. The number of aromatic amines is 3. The van der Waals surface area contributed by atoms with Crippen LogP contribution < -0.4 is 11.7 Å². The largest absolute Gasteiger partial charge is 0.299 e. The van der Waals surface area contributed by atoms with Crippen molar-refractivity contribution in [1.82, 2.24) is 35.3 Å². The maximum absolute atomic E-state index is 12.7. The number of hydrazine groups is 1. The number of allylic oxidation sites excluding steroid dienone is 1. The summed E-state index contributed by atoms with van der Waals surface area (Å²) in [5.41, 5.74) is 10.6. The summed E-state index contributed by atoms with van der Waals surface area (Å²) in [5.74, 6) is 8.03. The van der Waals surface area contributed by atoms with Crippen LogP contribution in [0.2, 0.25) is 15.1 Å². The fourth-order valence-corrected chi connectivity index (χ4v) is 8.80. The smallest absolute Gasteiger partial charge is 0.195 e. The van der Waals surface area contributed by atoms with Gasteiger partial charge in [-0.3, -0.25) is 46.7 Å². The predicted molar refractivity (Wildman–Crippen MR) is 259 cm³/mol. The maximum atomic E-state index is 12.7. The lowest BCUT2D eigenvalue weighted by molar-refractivity contribution is 0.105. The van der Waals surface area contributed by atoms with Gasteiger partial charge >= 0.3 is 0 Å². The number of carbonyl (C=O) groups is 1. The number of hydrogen-bond acceptors (Lipinski definition) is 11. The number of nitrogens with one attached hydrogen (secondary N) is 3. The summed E-state index contributed by atoms with van der Waals surface area (Å²) in [5, 5.41) is 17.7. The van der Waals surface area contributed by atoms with Crippen LogP contribution in [0.1, 0.15) is 15.9 Å². The van der Waals surface area contributed by atoms with Crippen molar-refractivity contribution in [1.29, 1.82) is 0 Å². The Balaban J connectivity index is 0.000000150. The number of ketones is 1. The molecule has 9 rings (SSSR count). The van der Waals surface area contributed by atoms with Crippen molar-refractivity contribution in [2.75, 3.05) is 11.3 Å². The number of pyridine rings is 3. The zero-order chi connectivity index (χ0) is 43.1. The highest BCUT2D eigenvalue weighted by atomic mass is 35.5. The Labute approximate surface area is 385 Å². The van der Waals surface area contributed by atoms with Crippen molar-refractivity contribution in [2.45, 2.75) is 5.03 Å². The molecule has 0 aliphatic carbocycles. The molecule has 3 aromatic carbocycles. The molecule has 0 spiro atoms. The molecular weight excluding hydrogens is 905 g/mol. The van der Waals surface area contributed by atoms with Gasteiger partial charge in [0.25, 0.3) is 0 Å². The number of H-pyrrole nitrogens is 3. The van der Waals surface area contributed by atoms with Gasteiger partial charge in [0.1, 0.15) is 9.67 Å². The third-order valence-corrected chi connectivity index (χ3v) is 13.1. The molecule has 0 amide bonds.